The van der Waals surface area contributed by atoms with E-state index in [1.165, 1.54) is 6.92 Å². The van der Waals surface area contributed by atoms with Crippen molar-refractivity contribution in [2.24, 2.45) is 0 Å². The van der Waals surface area contributed by atoms with Crippen molar-refractivity contribution in [3.63, 3.8) is 0 Å². The summed E-state index contributed by atoms with van der Waals surface area (Å²) in [6.07, 6.45) is 3.80. The second kappa shape index (κ2) is 6.85. The number of benzene rings is 1. The molecule has 0 aliphatic carbocycles. The van der Waals surface area contributed by atoms with Crippen molar-refractivity contribution in [1.82, 2.24) is 10.3 Å². The molecule has 1 aromatic heterocycles. The van der Waals surface area contributed by atoms with Crippen LogP contribution in [0.2, 0.25) is 0 Å². The van der Waals surface area contributed by atoms with E-state index in [9.17, 15) is 4.79 Å². The third-order valence-electron chi connectivity index (χ3n) is 5.06. The van der Waals surface area contributed by atoms with Gasteiger partial charge in [-0.25, -0.2) is 0 Å². The Hall–Kier alpha value is -2.18. The first-order chi connectivity index (χ1) is 12.2. The molecule has 0 atom stereocenters. The molecule has 3 rings (SSSR count). The van der Waals surface area contributed by atoms with Crippen LogP contribution in [0.5, 0.6) is 0 Å². The van der Waals surface area contributed by atoms with Crippen molar-refractivity contribution in [2.75, 3.05) is 6.54 Å². The number of fused-ring (bicyclic) bond motifs is 1. The third kappa shape index (κ3) is 3.81. The van der Waals surface area contributed by atoms with Crippen molar-refractivity contribution in [2.45, 2.75) is 45.8 Å². The molecule has 26 heavy (non-hydrogen) atoms. The van der Waals surface area contributed by atoms with Crippen LogP contribution in [0, 0.1) is 0 Å². The number of para-hydroxylation sites is 1. The van der Waals surface area contributed by atoms with Gasteiger partial charge in [-0.1, -0.05) is 24.3 Å². The summed E-state index contributed by atoms with van der Waals surface area (Å²) in [4.78, 5) is 15.9. The molecule has 1 amide bonds. The zero-order valence-corrected chi connectivity index (χ0v) is 16.0. The highest BCUT2D eigenvalue weighted by Gasteiger charge is 2.52. The first-order valence-electron chi connectivity index (χ1n) is 8.83. The highest BCUT2D eigenvalue weighted by molar-refractivity contribution is 6.56. The lowest BCUT2D eigenvalue weighted by molar-refractivity contribution is -0.118. The van der Waals surface area contributed by atoms with Gasteiger partial charge in [0, 0.05) is 25.1 Å². The van der Waals surface area contributed by atoms with E-state index in [4.69, 9.17) is 9.31 Å². The first-order valence-corrected chi connectivity index (χ1v) is 8.83. The van der Waals surface area contributed by atoms with Gasteiger partial charge in [0.25, 0.3) is 0 Å². The molecule has 2 aromatic rings. The maximum atomic E-state index is 11.4. The third-order valence-corrected chi connectivity index (χ3v) is 5.06. The molecular formula is C20H25BN2O3. The SMILES string of the molecule is CC(=O)NCC(=Cc1cnc2ccccc2c1)B1OC(C)(C)C(C)(C)O1. The molecule has 1 aliphatic heterocycles. The number of rotatable bonds is 4. The van der Waals surface area contributed by atoms with E-state index in [1.54, 1.807) is 0 Å². The van der Waals surface area contributed by atoms with Crippen LogP contribution in [0.1, 0.15) is 40.2 Å². The number of nitrogens with zero attached hydrogens (tertiary/aromatic N) is 1. The van der Waals surface area contributed by atoms with Crippen LogP contribution in [0.25, 0.3) is 17.0 Å². The average Bonchev–Trinajstić information content (AvgIpc) is 2.79. The lowest BCUT2D eigenvalue weighted by Crippen LogP contribution is -2.41. The molecule has 0 spiro atoms. The topological polar surface area (TPSA) is 60.5 Å². The van der Waals surface area contributed by atoms with Crippen LogP contribution < -0.4 is 5.32 Å². The fourth-order valence-corrected chi connectivity index (χ4v) is 2.80. The number of hydrogen-bond donors (Lipinski definition) is 1. The molecule has 5 nitrogen and oxygen atoms in total. The molecule has 1 aromatic carbocycles. The summed E-state index contributed by atoms with van der Waals surface area (Å²) in [5, 5.41) is 3.91. The van der Waals surface area contributed by atoms with Gasteiger partial charge in [0.05, 0.1) is 16.7 Å². The Morgan fingerprint density at radius 2 is 1.85 bits per heavy atom. The maximum Gasteiger partial charge on any atom is 0.492 e. The molecule has 6 heteroatoms. The van der Waals surface area contributed by atoms with Crippen molar-refractivity contribution >= 4 is 30.0 Å². The Labute approximate surface area is 154 Å². The van der Waals surface area contributed by atoms with E-state index in [0.29, 0.717) is 6.54 Å². The zero-order valence-electron chi connectivity index (χ0n) is 16.0. The second-order valence-electron chi connectivity index (χ2n) is 7.68. The zero-order chi connectivity index (χ0) is 18.9. The van der Waals surface area contributed by atoms with Crippen LogP contribution in [0.15, 0.2) is 42.0 Å². The Bertz CT molecular complexity index is 845. The molecule has 1 fully saturated rings. The van der Waals surface area contributed by atoms with Gasteiger partial charge < -0.3 is 14.6 Å². The van der Waals surface area contributed by atoms with Crippen molar-refractivity contribution in [3.8, 4) is 0 Å². The van der Waals surface area contributed by atoms with Crippen LogP contribution in [0.4, 0.5) is 0 Å². The number of aromatic nitrogens is 1. The molecular weight excluding hydrogens is 327 g/mol. The number of hydrogen-bond acceptors (Lipinski definition) is 4. The number of amides is 1. The van der Waals surface area contributed by atoms with Gasteiger partial charge in [0.1, 0.15) is 0 Å². The molecule has 0 unspecified atom stereocenters. The molecule has 0 bridgehead atoms. The van der Waals surface area contributed by atoms with Gasteiger partial charge in [-0.3, -0.25) is 9.78 Å². The Balaban J connectivity index is 1.94. The summed E-state index contributed by atoms with van der Waals surface area (Å²) in [7, 11) is -0.515. The molecule has 2 heterocycles. The number of carbonyl (C=O) groups excluding carboxylic acids is 1. The van der Waals surface area contributed by atoms with Crippen molar-refractivity contribution in [3.05, 3.63) is 47.6 Å². The highest BCUT2D eigenvalue weighted by Crippen LogP contribution is 2.38. The minimum atomic E-state index is -0.515. The van der Waals surface area contributed by atoms with E-state index in [-0.39, 0.29) is 5.91 Å². The predicted molar refractivity (Wildman–Crippen MR) is 104 cm³/mol. The van der Waals surface area contributed by atoms with Gasteiger partial charge in [-0.05, 0) is 50.9 Å². The summed E-state index contributed by atoms with van der Waals surface area (Å²) in [6.45, 7) is 9.92. The number of pyridine rings is 1. The minimum absolute atomic E-state index is 0.0935. The molecule has 0 radical (unpaired) electrons. The van der Waals surface area contributed by atoms with Gasteiger partial charge in [-0.15, -0.1) is 0 Å². The normalized spacial score (nSPS) is 19.0. The smallest absolute Gasteiger partial charge is 0.400 e. The summed E-state index contributed by atoms with van der Waals surface area (Å²) in [5.41, 5.74) is 1.88. The van der Waals surface area contributed by atoms with Gasteiger partial charge in [0.2, 0.25) is 5.91 Å². The fourth-order valence-electron chi connectivity index (χ4n) is 2.80. The molecule has 1 saturated heterocycles. The average molecular weight is 352 g/mol. The molecule has 136 valence electrons. The fraction of sp³-hybridized carbons (Fsp3) is 0.400. The van der Waals surface area contributed by atoms with E-state index in [2.05, 4.69) is 16.4 Å². The van der Waals surface area contributed by atoms with Gasteiger partial charge in [-0.2, -0.15) is 0 Å². The maximum absolute atomic E-state index is 11.4. The van der Waals surface area contributed by atoms with E-state index in [0.717, 1.165) is 21.9 Å². The van der Waals surface area contributed by atoms with E-state index in [1.807, 2.05) is 64.2 Å². The summed E-state index contributed by atoms with van der Waals surface area (Å²) in [5.74, 6) is -0.0935. The molecule has 1 aliphatic rings. The lowest BCUT2D eigenvalue weighted by atomic mass is 9.77. The van der Waals surface area contributed by atoms with Crippen LogP contribution >= 0.6 is 0 Å². The van der Waals surface area contributed by atoms with Crippen LogP contribution in [-0.2, 0) is 14.1 Å². The van der Waals surface area contributed by atoms with Crippen molar-refractivity contribution in [1.29, 1.82) is 0 Å². The van der Waals surface area contributed by atoms with E-state index >= 15 is 0 Å². The quantitative estimate of drug-likeness (QED) is 0.857. The van der Waals surface area contributed by atoms with E-state index < -0.39 is 18.3 Å². The summed E-state index contributed by atoms with van der Waals surface area (Å²) < 4.78 is 12.3. The monoisotopic (exact) mass is 352 g/mol. The Morgan fingerprint density at radius 3 is 2.50 bits per heavy atom. The predicted octanol–water partition coefficient (Wildman–Crippen LogP) is 3.39. The van der Waals surface area contributed by atoms with Crippen LogP contribution in [-0.4, -0.2) is 35.8 Å². The standard InChI is InChI=1S/C20H25BN2O3/c1-14(24)22-13-17(21-25-19(2,3)20(4,5)26-21)11-15-10-16-8-6-7-9-18(16)23-12-15/h6-12H,13H2,1-5H3,(H,22,24). The Morgan fingerprint density at radius 1 is 1.19 bits per heavy atom. The molecule has 0 saturated carbocycles. The second-order valence-corrected chi connectivity index (χ2v) is 7.68. The molecule has 1 N–H and O–H groups in total. The summed E-state index contributed by atoms with van der Waals surface area (Å²) >= 11 is 0. The minimum Gasteiger partial charge on any atom is -0.400 e. The number of nitrogens with one attached hydrogen (secondary N) is 1. The number of carbonyl (C=O) groups is 1. The van der Waals surface area contributed by atoms with Crippen LogP contribution in [0.3, 0.4) is 0 Å². The van der Waals surface area contributed by atoms with Crippen molar-refractivity contribution < 1.29 is 14.1 Å². The highest BCUT2D eigenvalue weighted by atomic mass is 16.7. The lowest BCUT2D eigenvalue weighted by Gasteiger charge is -2.32. The van der Waals surface area contributed by atoms with Gasteiger partial charge in [0.15, 0.2) is 0 Å². The van der Waals surface area contributed by atoms with Gasteiger partial charge >= 0.3 is 7.12 Å². The largest absolute Gasteiger partial charge is 0.492 e. The summed E-state index contributed by atoms with van der Waals surface area (Å²) in [6, 6.07) is 10.0. The first kappa shape index (κ1) is 18.6. The Kier molecular flexibility index (Phi) is 4.91.